The van der Waals surface area contributed by atoms with Crippen molar-refractivity contribution < 1.29 is 28.9 Å². The number of Topliss-reactive ketones (excluding diaryl/α,β-unsaturated/α-hetero) is 1. The maximum atomic E-state index is 13.5. The maximum absolute atomic E-state index is 13.5. The standard InChI is InChI=1S/C28H24N2O6S/c1-15-12-17(8-11-21(15)36-4)25(31)23-24(16-6-5-7-18(13-16)34-2)30(27(33)26(23)32)28-29-20-10-9-19(35-3)14-22(20)37-28/h5-14,24,31H,1-4H3. The average Bonchev–Trinajstić information content (AvgIpc) is 3.45. The number of thiazole rings is 1. The zero-order chi connectivity index (χ0) is 26.3. The fourth-order valence-corrected chi connectivity index (χ4v) is 5.48. The molecule has 0 saturated carbocycles. The highest BCUT2D eigenvalue weighted by Gasteiger charge is 2.48. The first-order chi connectivity index (χ1) is 17.9. The van der Waals surface area contributed by atoms with Crippen molar-refractivity contribution in [3.8, 4) is 17.2 Å². The Morgan fingerprint density at radius 1 is 0.946 bits per heavy atom. The Hall–Kier alpha value is -4.37. The smallest absolute Gasteiger partial charge is 0.301 e. The average molecular weight is 517 g/mol. The minimum atomic E-state index is -0.917. The summed E-state index contributed by atoms with van der Waals surface area (Å²) < 4.78 is 16.8. The van der Waals surface area contributed by atoms with Gasteiger partial charge in [0.1, 0.15) is 23.0 Å². The number of rotatable bonds is 6. The van der Waals surface area contributed by atoms with Crippen LogP contribution in [-0.2, 0) is 9.59 Å². The van der Waals surface area contributed by atoms with Gasteiger partial charge in [-0.1, -0.05) is 23.5 Å². The quantitative estimate of drug-likeness (QED) is 0.212. The number of fused-ring (bicyclic) bond motifs is 1. The molecule has 0 aliphatic carbocycles. The van der Waals surface area contributed by atoms with Crippen LogP contribution in [0.5, 0.6) is 17.2 Å². The molecule has 1 N–H and O–H groups in total. The van der Waals surface area contributed by atoms with Crippen LogP contribution in [0.25, 0.3) is 16.0 Å². The van der Waals surface area contributed by atoms with Crippen molar-refractivity contribution in [3.05, 3.63) is 82.9 Å². The van der Waals surface area contributed by atoms with Crippen LogP contribution < -0.4 is 19.1 Å². The number of aromatic nitrogens is 1. The molecule has 8 nitrogen and oxygen atoms in total. The fraction of sp³-hybridized carbons (Fsp3) is 0.179. The van der Waals surface area contributed by atoms with Crippen molar-refractivity contribution in [1.82, 2.24) is 4.98 Å². The molecule has 1 saturated heterocycles. The van der Waals surface area contributed by atoms with Crippen LogP contribution in [0.3, 0.4) is 0 Å². The Bertz CT molecular complexity index is 1570. The van der Waals surface area contributed by atoms with Gasteiger partial charge >= 0.3 is 5.91 Å². The Morgan fingerprint density at radius 2 is 1.70 bits per heavy atom. The molecule has 0 bridgehead atoms. The van der Waals surface area contributed by atoms with E-state index in [4.69, 9.17) is 14.2 Å². The number of amides is 1. The number of benzene rings is 3. The van der Waals surface area contributed by atoms with E-state index in [0.29, 0.717) is 39.0 Å². The van der Waals surface area contributed by atoms with E-state index in [1.165, 1.54) is 23.3 Å². The van der Waals surface area contributed by atoms with Gasteiger partial charge in [-0.05, 0) is 66.6 Å². The first kappa shape index (κ1) is 24.3. The summed E-state index contributed by atoms with van der Waals surface area (Å²) in [5.74, 6) is 0.0103. The van der Waals surface area contributed by atoms with Crippen LogP contribution in [-0.4, -0.2) is 43.1 Å². The molecule has 0 radical (unpaired) electrons. The van der Waals surface area contributed by atoms with E-state index < -0.39 is 17.7 Å². The van der Waals surface area contributed by atoms with Gasteiger partial charge in [-0.3, -0.25) is 14.5 Å². The van der Waals surface area contributed by atoms with E-state index in [0.717, 1.165) is 10.3 Å². The number of nitrogens with zero attached hydrogens (tertiary/aromatic N) is 2. The number of hydrogen-bond donors (Lipinski definition) is 1. The summed E-state index contributed by atoms with van der Waals surface area (Å²) in [7, 11) is 4.67. The number of anilines is 1. The van der Waals surface area contributed by atoms with Gasteiger partial charge in [-0.15, -0.1) is 0 Å². The monoisotopic (exact) mass is 516 g/mol. The number of aliphatic hydroxyl groups excluding tert-OH is 1. The molecule has 1 aliphatic heterocycles. The summed E-state index contributed by atoms with van der Waals surface area (Å²) in [6, 6.07) is 16.6. The molecule has 188 valence electrons. The van der Waals surface area contributed by atoms with E-state index in [1.807, 2.05) is 13.0 Å². The van der Waals surface area contributed by atoms with E-state index in [1.54, 1.807) is 68.8 Å². The topological polar surface area (TPSA) is 98.2 Å². The third kappa shape index (κ3) is 4.17. The second-order valence-corrected chi connectivity index (χ2v) is 9.47. The number of aryl methyl sites for hydroxylation is 1. The zero-order valence-corrected chi connectivity index (χ0v) is 21.5. The second-order valence-electron chi connectivity index (χ2n) is 8.46. The molecule has 1 atom stereocenters. The predicted octanol–water partition coefficient (Wildman–Crippen LogP) is 5.26. The number of ketones is 1. The number of carbonyl (C=O) groups is 2. The Balaban J connectivity index is 1.72. The third-order valence-corrected chi connectivity index (χ3v) is 7.33. The zero-order valence-electron chi connectivity index (χ0n) is 20.6. The molecule has 9 heteroatoms. The molecule has 37 heavy (non-hydrogen) atoms. The van der Waals surface area contributed by atoms with Crippen molar-refractivity contribution in [2.45, 2.75) is 13.0 Å². The van der Waals surface area contributed by atoms with E-state index in [2.05, 4.69) is 4.98 Å². The van der Waals surface area contributed by atoms with Gasteiger partial charge in [0.05, 0.1) is 43.2 Å². The second kappa shape index (κ2) is 9.59. The Labute approximate surface area is 217 Å². The SMILES string of the molecule is COc1cccc(C2C(=C(O)c3ccc(OC)c(C)c3)C(=O)C(=O)N2c2nc3ccc(OC)cc3s2)c1. The van der Waals surface area contributed by atoms with Crippen molar-refractivity contribution in [1.29, 1.82) is 0 Å². The predicted molar refractivity (Wildman–Crippen MR) is 142 cm³/mol. The Kier molecular flexibility index (Phi) is 6.31. The summed E-state index contributed by atoms with van der Waals surface area (Å²) in [5, 5.41) is 11.7. The molecule has 4 aromatic rings. The molecule has 3 aromatic carbocycles. The first-order valence-corrected chi connectivity index (χ1v) is 12.2. The lowest BCUT2D eigenvalue weighted by Gasteiger charge is -2.23. The summed E-state index contributed by atoms with van der Waals surface area (Å²) >= 11 is 1.26. The van der Waals surface area contributed by atoms with Crippen molar-refractivity contribution in [3.63, 3.8) is 0 Å². The summed E-state index contributed by atoms with van der Waals surface area (Å²) in [6.45, 7) is 1.84. The summed E-state index contributed by atoms with van der Waals surface area (Å²) in [6.07, 6.45) is 0. The number of methoxy groups -OCH3 is 3. The van der Waals surface area contributed by atoms with Crippen LogP contribution in [0.2, 0.25) is 0 Å². The van der Waals surface area contributed by atoms with Gasteiger partial charge in [0.25, 0.3) is 5.78 Å². The highest BCUT2D eigenvalue weighted by atomic mass is 32.1. The van der Waals surface area contributed by atoms with Crippen LogP contribution >= 0.6 is 11.3 Å². The summed E-state index contributed by atoms with van der Waals surface area (Å²) in [4.78, 5) is 32.9. The maximum Gasteiger partial charge on any atom is 0.301 e. The van der Waals surface area contributed by atoms with E-state index in [9.17, 15) is 14.7 Å². The number of hydrogen-bond acceptors (Lipinski definition) is 8. The molecule has 1 fully saturated rings. The van der Waals surface area contributed by atoms with Crippen molar-refractivity contribution >= 4 is 44.1 Å². The normalized spacial score (nSPS) is 16.9. The molecule has 1 amide bonds. The van der Waals surface area contributed by atoms with E-state index in [-0.39, 0.29) is 11.3 Å². The molecule has 1 unspecified atom stereocenters. The molecular weight excluding hydrogens is 492 g/mol. The highest BCUT2D eigenvalue weighted by Crippen LogP contribution is 2.45. The molecule has 5 rings (SSSR count). The minimum absolute atomic E-state index is 0.0281. The lowest BCUT2D eigenvalue weighted by Crippen LogP contribution is -2.29. The highest BCUT2D eigenvalue weighted by molar-refractivity contribution is 7.22. The number of ether oxygens (including phenoxy) is 3. The molecule has 1 aliphatic rings. The number of aliphatic hydroxyl groups is 1. The van der Waals surface area contributed by atoms with Gasteiger partial charge in [0.2, 0.25) is 0 Å². The minimum Gasteiger partial charge on any atom is -0.507 e. The van der Waals surface area contributed by atoms with Gasteiger partial charge in [-0.25, -0.2) is 4.98 Å². The lowest BCUT2D eigenvalue weighted by atomic mass is 9.94. The van der Waals surface area contributed by atoms with Crippen LogP contribution in [0.1, 0.15) is 22.7 Å². The molecule has 0 spiro atoms. The van der Waals surface area contributed by atoms with Crippen LogP contribution in [0.4, 0.5) is 5.13 Å². The third-order valence-electron chi connectivity index (χ3n) is 6.31. The molecule has 2 heterocycles. The van der Waals surface area contributed by atoms with E-state index >= 15 is 0 Å². The van der Waals surface area contributed by atoms with Crippen LogP contribution in [0, 0.1) is 6.92 Å². The largest absolute Gasteiger partial charge is 0.507 e. The van der Waals surface area contributed by atoms with Crippen LogP contribution in [0.15, 0.2) is 66.2 Å². The Morgan fingerprint density at radius 3 is 2.41 bits per heavy atom. The van der Waals surface area contributed by atoms with Crippen molar-refractivity contribution in [2.24, 2.45) is 0 Å². The lowest BCUT2D eigenvalue weighted by molar-refractivity contribution is -0.132. The van der Waals surface area contributed by atoms with Gasteiger partial charge in [0.15, 0.2) is 5.13 Å². The van der Waals surface area contributed by atoms with Gasteiger partial charge in [-0.2, -0.15) is 0 Å². The molecule has 1 aromatic heterocycles. The summed E-state index contributed by atoms with van der Waals surface area (Å²) in [5.41, 5.74) is 2.41. The fourth-order valence-electron chi connectivity index (χ4n) is 4.46. The molecular formula is C28H24N2O6S. The van der Waals surface area contributed by atoms with Gasteiger partial charge in [0, 0.05) is 5.56 Å². The van der Waals surface area contributed by atoms with Gasteiger partial charge < -0.3 is 19.3 Å². The number of carbonyl (C=O) groups excluding carboxylic acids is 2. The first-order valence-electron chi connectivity index (χ1n) is 11.4. The van der Waals surface area contributed by atoms with Crippen molar-refractivity contribution in [2.75, 3.05) is 26.2 Å².